The van der Waals surface area contributed by atoms with Crippen molar-refractivity contribution in [2.24, 2.45) is 0 Å². The first-order chi connectivity index (χ1) is 13.5. The summed E-state index contributed by atoms with van der Waals surface area (Å²) >= 11 is 12.0. The Balaban J connectivity index is 2.53. The van der Waals surface area contributed by atoms with Crippen LogP contribution in [0, 0.1) is 0 Å². The van der Waals surface area contributed by atoms with Crippen LogP contribution in [0.3, 0.4) is 0 Å². The van der Waals surface area contributed by atoms with Gasteiger partial charge in [-0.05, 0) is 56.2 Å². The van der Waals surface area contributed by atoms with Crippen molar-refractivity contribution in [3.05, 3.63) is 58.1 Å². The molecule has 0 saturated carbocycles. The van der Waals surface area contributed by atoms with E-state index in [-0.39, 0.29) is 29.2 Å². The molecule has 0 bridgehead atoms. The lowest BCUT2D eigenvalue weighted by Crippen LogP contribution is -2.39. The van der Waals surface area contributed by atoms with Crippen molar-refractivity contribution in [3.63, 3.8) is 0 Å². The van der Waals surface area contributed by atoms with Gasteiger partial charge in [-0.25, -0.2) is 16.8 Å². The molecule has 0 saturated heterocycles. The molecule has 160 valence electrons. The van der Waals surface area contributed by atoms with Crippen molar-refractivity contribution >= 4 is 58.6 Å². The molecule has 0 fully saturated rings. The van der Waals surface area contributed by atoms with Crippen molar-refractivity contribution in [2.75, 3.05) is 10.1 Å². The first-order valence-corrected chi connectivity index (χ1v) is 13.2. The van der Waals surface area contributed by atoms with E-state index in [4.69, 9.17) is 33.9 Å². The standard InChI is InChI=1S/C18H20Cl3NO5S2/c1-13(3-2-10-28(21,24)25)22(18-11-16(20)5-4-14(18)12-23)29(26,27)17-8-6-15(19)7-9-17/h4-9,11,13,23H,2-3,10,12H2,1H3. The second-order valence-electron chi connectivity index (χ2n) is 6.42. The second-order valence-corrected chi connectivity index (χ2v) is 12.0. The van der Waals surface area contributed by atoms with Crippen LogP contribution in [-0.2, 0) is 25.7 Å². The topological polar surface area (TPSA) is 91.8 Å². The molecule has 1 N–H and O–H groups in total. The van der Waals surface area contributed by atoms with E-state index >= 15 is 0 Å². The number of aliphatic hydroxyl groups excluding tert-OH is 1. The van der Waals surface area contributed by atoms with Gasteiger partial charge >= 0.3 is 0 Å². The SMILES string of the molecule is CC(CCCS(=O)(=O)Cl)N(c1cc(Cl)ccc1CO)S(=O)(=O)c1ccc(Cl)cc1. The number of benzene rings is 2. The number of sulfonamides is 1. The van der Waals surface area contributed by atoms with Gasteiger partial charge in [-0.2, -0.15) is 0 Å². The molecule has 2 rings (SSSR count). The predicted molar refractivity (Wildman–Crippen MR) is 117 cm³/mol. The maximum Gasteiger partial charge on any atom is 0.264 e. The number of hydrogen-bond acceptors (Lipinski definition) is 5. The fourth-order valence-electron chi connectivity index (χ4n) is 2.87. The summed E-state index contributed by atoms with van der Waals surface area (Å²) in [4.78, 5) is 0.00239. The molecule has 0 heterocycles. The summed E-state index contributed by atoms with van der Waals surface area (Å²) in [5.41, 5.74) is 0.583. The third-order valence-electron chi connectivity index (χ3n) is 4.24. The predicted octanol–water partition coefficient (Wildman–Crippen LogP) is 4.42. The van der Waals surface area contributed by atoms with Gasteiger partial charge in [0.2, 0.25) is 9.05 Å². The zero-order valence-electron chi connectivity index (χ0n) is 15.4. The lowest BCUT2D eigenvalue weighted by molar-refractivity contribution is 0.282. The first kappa shape index (κ1) is 24.2. The van der Waals surface area contributed by atoms with Gasteiger partial charge in [0.1, 0.15) is 0 Å². The monoisotopic (exact) mass is 499 g/mol. The molecule has 2 aromatic carbocycles. The van der Waals surface area contributed by atoms with Gasteiger partial charge in [0.05, 0.1) is 22.9 Å². The highest BCUT2D eigenvalue weighted by Gasteiger charge is 2.31. The maximum absolute atomic E-state index is 13.4. The molecule has 0 aliphatic rings. The van der Waals surface area contributed by atoms with E-state index in [1.807, 2.05) is 0 Å². The van der Waals surface area contributed by atoms with Crippen LogP contribution in [-0.4, -0.2) is 33.7 Å². The maximum atomic E-state index is 13.4. The van der Waals surface area contributed by atoms with Gasteiger partial charge in [0, 0.05) is 32.3 Å². The molecule has 2 aromatic rings. The summed E-state index contributed by atoms with van der Waals surface area (Å²) in [7, 11) is -2.50. The average Bonchev–Trinajstić information content (AvgIpc) is 2.61. The summed E-state index contributed by atoms with van der Waals surface area (Å²) in [6.07, 6.45) is 0.380. The molecule has 0 radical (unpaired) electrons. The Morgan fingerprint density at radius 1 is 1.00 bits per heavy atom. The molecule has 0 aromatic heterocycles. The Morgan fingerprint density at radius 3 is 2.14 bits per heavy atom. The minimum absolute atomic E-state index is 0.00239. The van der Waals surface area contributed by atoms with E-state index in [1.54, 1.807) is 13.0 Å². The molecule has 0 aliphatic heterocycles. The third-order valence-corrected chi connectivity index (χ3v) is 7.90. The van der Waals surface area contributed by atoms with Crippen molar-refractivity contribution < 1.29 is 21.9 Å². The molecular formula is C18H20Cl3NO5S2. The van der Waals surface area contributed by atoms with Crippen molar-refractivity contribution in [1.82, 2.24) is 0 Å². The zero-order valence-corrected chi connectivity index (χ0v) is 19.3. The van der Waals surface area contributed by atoms with E-state index in [1.165, 1.54) is 36.4 Å². The molecule has 0 spiro atoms. The van der Waals surface area contributed by atoms with Crippen LogP contribution in [0.5, 0.6) is 0 Å². The van der Waals surface area contributed by atoms with Crippen molar-refractivity contribution in [2.45, 2.75) is 37.3 Å². The number of aliphatic hydroxyl groups is 1. The van der Waals surface area contributed by atoms with Gasteiger partial charge in [-0.15, -0.1) is 0 Å². The van der Waals surface area contributed by atoms with E-state index < -0.39 is 31.7 Å². The Bertz CT molecular complexity index is 1060. The second kappa shape index (κ2) is 9.85. The van der Waals surface area contributed by atoms with E-state index in [2.05, 4.69) is 0 Å². The molecule has 1 atom stereocenters. The Labute approximate surface area is 185 Å². The number of anilines is 1. The third kappa shape index (κ3) is 6.47. The molecule has 0 aliphatic carbocycles. The Morgan fingerprint density at radius 2 is 1.59 bits per heavy atom. The highest BCUT2D eigenvalue weighted by molar-refractivity contribution is 8.13. The van der Waals surface area contributed by atoms with E-state index in [0.717, 1.165) is 4.31 Å². The van der Waals surface area contributed by atoms with Crippen molar-refractivity contribution in [1.29, 1.82) is 0 Å². The number of halogens is 3. The van der Waals surface area contributed by atoms with Crippen LogP contribution in [0.2, 0.25) is 10.0 Å². The quantitative estimate of drug-likeness (QED) is 0.515. The molecule has 29 heavy (non-hydrogen) atoms. The molecule has 11 heteroatoms. The largest absolute Gasteiger partial charge is 0.392 e. The van der Waals surface area contributed by atoms with Crippen LogP contribution in [0.4, 0.5) is 5.69 Å². The summed E-state index contributed by atoms with van der Waals surface area (Å²) in [6.45, 7) is 1.25. The fraction of sp³-hybridized carbons (Fsp3) is 0.333. The van der Waals surface area contributed by atoms with Crippen LogP contribution in [0.1, 0.15) is 25.3 Å². The molecule has 0 amide bonds. The van der Waals surface area contributed by atoms with Crippen LogP contribution >= 0.6 is 33.9 Å². The van der Waals surface area contributed by atoms with Gasteiger partial charge in [0.25, 0.3) is 10.0 Å². The van der Waals surface area contributed by atoms with Crippen molar-refractivity contribution in [3.8, 4) is 0 Å². The lowest BCUT2D eigenvalue weighted by Gasteiger charge is -2.32. The summed E-state index contributed by atoms with van der Waals surface area (Å²) in [5.74, 6) is -0.282. The zero-order chi connectivity index (χ0) is 21.8. The van der Waals surface area contributed by atoms with E-state index in [0.29, 0.717) is 15.6 Å². The average molecular weight is 501 g/mol. The minimum Gasteiger partial charge on any atom is -0.392 e. The van der Waals surface area contributed by atoms with E-state index in [9.17, 15) is 21.9 Å². The van der Waals surface area contributed by atoms with Gasteiger partial charge in [0.15, 0.2) is 0 Å². The van der Waals surface area contributed by atoms with Crippen LogP contribution in [0.25, 0.3) is 0 Å². The lowest BCUT2D eigenvalue weighted by atomic mass is 10.1. The summed E-state index contributed by atoms with van der Waals surface area (Å²) in [6, 6.07) is 9.58. The Kier molecular flexibility index (Phi) is 8.23. The molecular weight excluding hydrogens is 481 g/mol. The summed E-state index contributed by atoms with van der Waals surface area (Å²) in [5, 5.41) is 10.4. The van der Waals surface area contributed by atoms with Crippen LogP contribution < -0.4 is 4.31 Å². The number of hydrogen-bond donors (Lipinski definition) is 1. The fourth-order valence-corrected chi connectivity index (χ4v) is 5.71. The highest BCUT2D eigenvalue weighted by atomic mass is 35.7. The first-order valence-electron chi connectivity index (χ1n) is 8.57. The smallest absolute Gasteiger partial charge is 0.264 e. The normalized spacial score (nSPS) is 13.3. The molecule has 1 unspecified atom stereocenters. The van der Waals surface area contributed by atoms with Gasteiger partial charge < -0.3 is 5.11 Å². The van der Waals surface area contributed by atoms with Gasteiger partial charge in [-0.1, -0.05) is 29.3 Å². The Hall–Kier alpha value is -1.03. The summed E-state index contributed by atoms with van der Waals surface area (Å²) < 4.78 is 50.5. The highest BCUT2D eigenvalue weighted by Crippen LogP contribution is 2.33. The minimum atomic E-state index is -4.06. The van der Waals surface area contributed by atoms with Gasteiger partial charge in [-0.3, -0.25) is 4.31 Å². The number of nitrogens with zero attached hydrogens (tertiary/aromatic N) is 1. The van der Waals surface area contributed by atoms with Crippen LogP contribution in [0.15, 0.2) is 47.4 Å². The number of rotatable bonds is 9. The molecule has 6 nitrogen and oxygen atoms in total.